The lowest BCUT2D eigenvalue weighted by molar-refractivity contribution is 0.339. The third kappa shape index (κ3) is 3.84. The van der Waals surface area contributed by atoms with E-state index in [1.54, 1.807) is 0 Å². The molecule has 1 aromatic carbocycles. The molecule has 0 saturated carbocycles. The summed E-state index contributed by atoms with van der Waals surface area (Å²) in [5, 5.41) is 7.77. The number of nitrogens with one attached hydrogen (secondary N) is 1. The topological polar surface area (TPSA) is 39.1 Å². The molecule has 1 heterocycles. The van der Waals surface area contributed by atoms with E-state index in [0.717, 1.165) is 18.7 Å². The number of nitrogens with zero attached hydrogens (tertiary/aromatic N) is 2. The van der Waals surface area contributed by atoms with Crippen LogP contribution in [0.2, 0.25) is 0 Å². The first kappa shape index (κ1) is 14.6. The van der Waals surface area contributed by atoms with Gasteiger partial charge in [0.05, 0.1) is 12.8 Å². The molecule has 0 aliphatic carbocycles. The number of rotatable bonds is 7. The molecular weight excluding hydrogens is 250 g/mol. The van der Waals surface area contributed by atoms with E-state index in [0.29, 0.717) is 6.61 Å². The highest BCUT2D eigenvalue weighted by molar-refractivity contribution is 5.31. The lowest BCUT2D eigenvalue weighted by Gasteiger charge is -2.18. The van der Waals surface area contributed by atoms with Gasteiger partial charge in [0, 0.05) is 19.3 Å². The zero-order valence-corrected chi connectivity index (χ0v) is 12.5. The molecule has 4 nitrogen and oxygen atoms in total. The highest BCUT2D eigenvalue weighted by Crippen LogP contribution is 2.22. The lowest BCUT2D eigenvalue weighted by Crippen LogP contribution is -2.22. The van der Waals surface area contributed by atoms with Crippen molar-refractivity contribution in [2.45, 2.75) is 26.3 Å². The highest BCUT2D eigenvalue weighted by atomic mass is 16.5. The monoisotopic (exact) mass is 273 g/mol. The van der Waals surface area contributed by atoms with E-state index in [2.05, 4.69) is 35.7 Å². The average molecular weight is 273 g/mol. The Hall–Kier alpha value is -1.81. The van der Waals surface area contributed by atoms with Gasteiger partial charge < -0.3 is 10.1 Å². The summed E-state index contributed by atoms with van der Waals surface area (Å²) in [6.07, 6.45) is 4.92. The van der Waals surface area contributed by atoms with Gasteiger partial charge in [-0.05, 0) is 43.1 Å². The molecule has 0 aliphatic rings. The van der Waals surface area contributed by atoms with Crippen LogP contribution in [0.15, 0.2) is 36.7 Å². The Morgan fingerprint density at radius 1 is 1.35 bits per heavy atom. The molecule has 0 bridgehead atoms. The molecule has 1 unspecified atom stereocenters. The smallest absolute Gasteiger partial charge is 0.119 e. The maximum Gasteiger partial charge on any atom is 0.119 e. The first-order valence-electron chi connectivity index (χ1n) is 7.16. The van der Waals surface area contributed by atoms with Crippen LogP contribution in [0.1, 0.15) is 31.0 Å². The van der Waals surface area contributed by atoms with Crippen molar-refractivity contribution in [1.29, 1.82) is 0 Å². The average Bonchev–Trinajstić information content (AvgIpc) is 2.84. The Morgan fingerprint density at radius 2 is 2.20 bits per heavy atom. The van der Waals surface area contributed by atoms with Crippen molar-refractivity contribution in [2.24, 2.45) is 7.05 Å². The summed E-state index contributed by atoms with van der Waals surface area (Å²) in [5.41, 5.74) is 2.49. The van der Waals surface area contributed by atoms with Crippen LogP contribution in [-0.4, -0.2) is 22.9 Å². The molecular formula is C16H23N3O. The molecule has 4 heteroatoms. The quantitative estimate of drug-likeness (QED) is 0.843. The van der Waals surface area contributed by atoms with Crippen LogP contribution in [0, 0.1) is 0 Å². The maximum atomic E-state index is 5.58. The van der Waals surface area contributed by atoms with E-state index >= 15 is 0 Å². The van der Waals surface area contributed by atoms with Gasteiger partial charge in [-0.2, -0.15) is 5.10 Å². The summed E-state index contributed by atoms with van der Waals surface area (Å²) >= 11 is 0. The second-order valence-electron chi connectivity index (χ2n) is 4.84. The fraction of sp³-hybridized carbons (Fsp3) is 0.438. The van der Waals surface area contributed by atoms with Crippen LogP contribution in [-0.2, 0) is 13.5 Å². The number of aromatic nitrogens is 2. The maximum absolute atomic E-state index is 5.58. The normalized spacial score (nSPS) is 12.3. The first-order valence-corrected chi connectivity index (χ1v) is 7.16. The SMILES string of the molecule is CCNC(Cc1cnn(C)c1)c1cccc(OCC)c1. The first-order chi connectivity index (χ1) is 9.72. The molecule has 0 saturated heterocycles. The Balaban J connectivity index is 2.16. The summed E-state index contributed by atoms with van der Waals surface area (Å²) in [7, 11) is 1.95. The summed E-state index contributed by atoms with van der Waals surface area (Å²) in [4.78, 5) is 0. The van der Waals surface area contributed by atoms with Crippen LogP contribution in [0.5, 0.6) is 5.75 Å². The molecule has 1 aromatic heterocycles. The Kier molecular flexibility index (Phi) is 5.18. The van der Waals surface area contributed by atoms with E-state index < -0.39 is 0 Å². The third-order valence-corrected chi connectivity index (χ3v) is 3.22. The van der Waals surface area contributed by atoms with Crippen LogP contribution in [0.25, 0.3) is 0 Å². The molecule has 0 fully saturated rings. The predicted molar refractivity (Wildman–Crippen MR) is 80.9 cm³/mol. The second-order valence-corrected chi connectivity index (χ2v) is 4.84. The third-order valence-electron chi connectivity index (χ3n) is 3.22. The molecule has 0 spiro atoms. The van der Waals surface area contributed by atoms with Gasteiger partial charge in [0.1, 0.15) is 5.75 Å². The highest BCUT2D eigenvalue weighted by Gasteiger charge is 2.13. The van der Waals surface area contributed by atoms with Gasteiger partial charge >= 0.3 is 0 Å². The van der Waals surface area contributed by atoms with Crippen molar-refractivity contribution in [2.75, 3.05) is 13.2 Å². The van der Waals surface area contributed by atoms with Crippen LogP contribution < -0.4 is 10.1 Å². The molecule has 2 rings (SSSR count). The van der Waals surface area contributed by atoms with E-state index in [-0.39, 0.29) is 6.04 Å². The van der Waals surface area contributed by atoms with E-state index in [1.165, 1.54) is 11.1 Å². The molecule has 1 N–H and O–H groups in total. The summed E-state index contributed by atoms with van der Waals surface area (Å²) in [6, 6.07) is 8.59. The lowest BCUT2D eigenvalue weighted by atomic mass is 10.0. The Labute approximate surface area is 120 Å². The molecule has 108 valence electrons. The minimum Gasteiger partial charge on any atom is -0.494 e. The van der Waals surface area contributed by atoms with Crippen molar-refractivity contribution in [3.63, 3.8) is 0 Å². The fourth-order valence-corrected chi connectivity index (χ4v) is 2.36. The summed E-state index contributed by atoms with van der Waals surface area (Å²) in [6.45, 7) is 5.76. The number of ether oxygens (including phenoxy) is 1. The molecule has 0 aliphatic heterocycles. The van der Waals surface area contributed by atoms with Crippen molar-refractivity contribution < 1.29 is 4.74 Å². The van der Waals surface area contributed by atoms with Crippen LogP contribution in [0.3, 0.4) is 0 Å². The van der Waals surface area contributed by atoms with E-state index in [9.17, 15) is 0 Å². The zero-order valence-electron chi connectivity index (χ0n) is 12.5. The van der Waals surface area contributed by atoms with Crippen molar-refractivity contribution >= 4 is 0 Å². The standard InChI is InChI=1S/C16H23N3O/c1-4-17-16(9-13-11-18-19(3)12-13)14-7-6-8-15(10-14)20-5-2/h6-8,10-12,16-17H,4-5,9H2,1-3H3. The molecule has 1 atom stereocenters. The number of aryl methyl sites for hydroxylation is 1. The van der Waals surface area contributed by atoms with Gasteiger partial charge in [-0.1, -0.05) is 19.1 Å². The van der Waals surface area contributed by atoms with Crippen molar-refractivity contribution in [3.05, 3.63) is 47.8 Å². The van der Waals surface area contributed by atoms with Crippen LogP contribution in [0.4, 0.5) is 0 Å². The summed E-state index contributed by atoms with van der Waals surface area (Å²) < 4.78 is 7.43. The van der Waals surface area contributed by atoms with Crippen molar-refractivity contribution in [3.8, 4) is 5.75 Å². The van der Waals surface area contributed by atoms with Crippen molar-refractivity contribution in [1.82, 2.24) is 15.1 Å². The Morgan fingerprint density at radius 3 is 2.85 bits per heavy atom. The molecule has 20 heavy (non-hydrogen) atoms. The van der Waals surface area contributed by atoms with E-state index in [4.69, 9.17) is 4.74 Å². The molecule has 0 radical (unpaired) electrons. The van der Waals surface area contributed by atoms with Gasteiger partial charge in [-0.15, -0.1) is 0 Å². The second kappa shape index (κ2) is 7.10. The zero-order chi connectivity index (χ0) is 14.4. The van der Waals surface area contributed by atoms with Gasteiger partial charge in [0.25, 0.3) is 0 Å². The van der Waals surface area contributed by atoms with Gasteiger partial charge in [0.15, 0.2) is 0 Å². The van der Waals surface area contributed by atoms with Gasteiger partial charge in [-0.3, -0.25) is 4.68 Å². The largest absolute Gasteiger partial charge is 0.494 e. The number of hydrogen-bond donors (Lipinski definition) is 1. The van der Waals surface area contributed by atoms with Gasteiger partial charge in [-0.25, -0.2) is 0 Å². The minimum absolute atomic E-state index is 0.282. The van der Waals surface area contributed by atoms with E-state index in [1.807, 2.05) is 37.0 Å². The van der Waals surface area contributed by atoms with Crippen LogP contribution >= 0.6 is 0 Å². The Bertz CT molecular complexity index is 536. The number of hydrogen-bond acceptors (Lipinski definition) is 3. The van der Waals surface area contributed by atoms with Gasteiger partial charge in [0.2, 0.25) is 0 Å². The predicted octanol–water partition coefficient (Wildman–Crippen LogP) is 2.71. The molecule has 0 amide bonds. The minimum atomic E-state index is 0.282. The fourth-order valence-electron chi connectivity index (χ4n) is 2.36. The summed E-state index contributed by atoms with van der Waals surface area (Å²) in [5.74, 6) is 0.930. The number of likely N-dealkylation sites (N-methyl/N-ethyl adjacent to an activating group) is 1. The number of benzene rings is 1. The molecule has 2 aromatic rings.